The molecule has 48 heavy (non-hydrogen) atoms. The number of alkyl halides is 3. The van der Waals surface area contributed by atoms with Gasteiger partial charge in [-0.05, 0) is 63.6 Å². The summed E-state index contributed by atoms with van der Waals surface area (Å²) in [5.41, 5.74) is -1.24. The number of carbonyl (C=O) groups excluding carboxylic acids is 3. The molecule has 0 bridgehead atoms. The summed E-state index contributed by atoms with van der Waals surface area (Å²) in [4.78, 5) is 43.6. The largest absolute Gasteiger partial charge is 0.393 e. The fourth-order valence-electron chi connectivity index (χ4n) is 7.12. The van der Waals surface area contributed by atoms with E-state index >= 15 is 13.2 Å². The highest BCUT2D eigenvalue weighted by molar-refractivity contribution is 5.99. The van der Waals surface area contributed by atoms with Gasteiger partial charge in [-0.25, -0.2) is 13.2 Å². The van der Waals surface area contributed by atoms with Crippen molar-refractivity contribution < 1.29 is 40.7 Å². The Bertz CT molecular complexity index is 1530. The third-order valence-corrected chi connectivity index (χ3v) is 10.2. The van der Waals surface area contributed by atoms with Crippen LogP contribution in [0.25, 0.3) is 11.1 Å². The average molecular weight is 682 g/mol. The standard InChI is InChI=1S/C34H41F6N5O3/c1-18-16-45(17-19(2)43(18)3)29-14-25(35)22(12-28(29)42-32(47)23-15-41-30(46)13-24(23)34(38,39)40)20-10-26(36)31(27(37)11-20)33(48)44(4)21-8-6-5-7-9-21/h10-12,14,18-19,21,23-24H,5-9,13,15-17H2,1-4H3,(H,41,46)(H,42,47)/t18-,19+,23?,24?. The van der Waals surface area contributed by atoms with Crippen molar-refractivity contribution in [1.29, 1.82) is 0 Å². The lowest BCUT2D eigenvalue weighted by Crippen LogP contribution is -2.55. The van der Waals surface area contributed by atoms with Gasteiger partial charge in [0.1, 0.15) is 23.0 Å². The van der Waals surface area contributed by atoms with E-state index in [-0.39, 0.29) is 40.6 Å². The van der Waals surface area contributed by atoms with Gasteiger partial charge in [0.05, 0.1) is 23.2 Å². The van der Waals surface area contributed by atoms with Crippen molar-refractivity contribution in [3.05, 3.63) is 47.3 Å². The van der Waals surface area contributed by atoms with E-state index in [0.717, 1.165) is 56.4 Å². The van der Waals surface area contributed by atoms with Crippen LogP contribution in [0.2, 0.25) is 0 Å². The molecule has 262 valence electrons. The Balaban J connectivity index is 1.53. The molecule has 0 spiro atoms. The van der Waals surface area contributed by atoms with E-state index in [4.69, 9.17) is 0 Å². The van der Waals surface area contributed by atoms with Gasteiger partial charge in [0.25, 0.3) is 5.91 Å². The highest BCUT2D eigenvalue weighted by Gasteiger charge is 2.50. The van der Waals surface area contributed by atoms with Gasteiger partial charge in [0.15, 0.2) is 0 Å². The molecule has 3 amide bonds. The summed E-state index contributed by atoms with van der Waals surface area (Å²) in [6.45, 7) is 4.13. The number of carbonyl (C=O) groups is 3. The molecule has 2 heterocycles. The van der Waals surface area contributed by atoms with Gasteiger partial charge >= 0.3 is 6.18 Å². The molecule has 2 aliphatic heterocycles. The maximum atomic E-state index is 15.9. The third-order valence-electron chi connectivity index (χ3n) is 10.2. The molecular weight excluding hydrogens is 640 g/mol. The van der Waals surface area contributed by atoms with Crippen molar-refractivity contribution in [2.45, 2.75) is 76.7 Å². The van der Waals surface area contributed by atoms with Crippen LogP contribution in [0.4, 0.5) is 37.7 Å². The first-order valence-electron chi connectivity index (χ1n) is 16.3. The Morgan fingerprint density at radius 3 is 2.12 bits per heavy atom. The Morgan fingerprint density at radius 2 is 1.54 bits per heavy atom. The van der Waals surface area contributed by atoms with Crippen molar-refractivity contribution in [2.24, 2.45) is 11.8 Å². The summed E-state index contributed by atoms with van der Waals surface area (Å²) < 4.78 is 88.6. The molecule has 2 unspecified atom stereocenters. The summed E-state index contributed by atoms with van der Waals surface area (Å²) in [5.74, 6) is -9.90. The molecule has 0 aromatic heterocycles. The van der Waals surface area contributed by atoms with Crippen molar-refractivity contribution in [2.75, 3.05) is 43.9 Å². The van der Waals surface area contributed by atoms with E-state index in [1.165, 1.54) is 11.9 Å². The molecule has 2 N–H and O–H groups in total. The predicted molar refractivity (Wildman–Crippen MR) is 169 cm³/mol. The smallest absolute Gasteiger partial charge is 0.367 e. The molecule has 0 radical (unpaired) electrons. The molecule has 1 saturated carbocycles. The molecule has 2 saturated heterocycles. The molecule has 14 heteroatoms. The van der Waals surface area contributed by atoms with Crippen LogP contribution in [-0.4, -0.2) is 85.6 Å². The molecule has 2 aromatic carbocycles. The summed E-state index contributed by atoms with van der Waals surface area (Å²) in [5, 5.41) is 4.83. The number of hydrogen-bond acceptors (Lipinski definition) is 5. The summed E-state index contributed by atoms with van der Waals surface area (Å²) in [7, 11) is 3.43. The minimum absolute atomic E-state index is 0.0109. The number of rotatable bonds is 6. The van der Waals surface area contributed by atoms with Crippen LogP contribution in [0.3, 0.4) is 0 Å². The zero-order chi connectivity index (χ0) is 35.1. The number of piperidine rings is 1. The topological polar surface area (TPSA) is 85.0 Å². The van der Waals surface area contributed by atoms with Crippen molar-refractivity contribution >= 4 is 29.1 Å². The first-order valence-corrected chi connectivity index (χ1v) is 16.3. The van der Waals surface area contributed by atoms with E-state index in [1.807, 2.05) is 20.9 Å². The SMILES string of the molecule is C[C@@H]1CN(c2cc(F)c(-c3cc(F)c(C(=O)N(C)C4CCCCC4)c(F)c3)cc2NC(=O)C2CNC(=O)CC2C(F)(F)F)C[C@H](C)N1C. The summed E-state index contributed by atoms with van der Waals surface area (Å²) in [6, 6.07) is 3.73. The van der Waals surface area contributed by atoms with E-state index in [1.54, 1.807) is 4.90 Å². The molecule has 1 aliphatic carbocycles. The number of hydrogen-bond donors (Lipinski definition) is 2. The Kier molecular flexibility index (Phi) is 10.3. The minimum atomic E-state index is -4.84. The Labute approximate surface area is 275 Å². The van der Waals surface area contributed by atoms with E-state index in [9.17, 15) is 27.6 Å². The monoisotopic (exact) mass is 681 g/mol. The van der Waals surface area contributed by atoms with Crippen molar-refractivity contribution in [3.63, 3.8) is 0 Å². The highest BCUT2D eigenvalue weighted by Crippen LogP contribution is 2.40. The van der Waals surface area contributed by atoms with E-state index in [2.05, 4.69) is 15.5 Å². The van der Waals surface area contributed by atoms with Gasteiger partial charge in [0.2, 0.25) is 11.8 Å². The molecule has 2 aromatic rings. The normalized spacial score (nSPS) is 24.3. The van der Waals surface area contributed by atoms with Gasteiger partial charge in [-0.1, -0.05) is 19.3 Å². The molecule has 5 rings (SSSR count). The zero-order valence-electron chi connectivity index (χ0n) is 27.4. The second-order valence-electron chi connectivity index (χ2n) is 13.4. The predicted octanol–water partition coefficient (Wildman–Crippen LogP) is 5.96. The zero-order valence-corrected chi connectivity index (χ0v) is 27.4. The number of halogens is 6. The number of nitrogens with zero attached hydrogens (tertiary/aromatic N) is 3. The minimum Gasteiger partial charge on any atom is -0.367 e. The third kappa shape index (κ3) is 7.28. The summed E-state index contributed by atoms with van der Waals surface area (Å²) >= 11 is 0. The van der Waals surface area contributed by atoms with Crippen LogP contribution in [0.1, 0.15) is 62.7 Å². The van der Waals surface area contributed by atoms with Gasteiger partial charge in [0, 0.05) is 56.8 Å². The first kappa shape index (κ1) is 35.5. The van der Waals surface area contributed by atoms with Gasteiger partial charge < -0.3 is 20.4 Å². The number of piperazine rings is 1. The van der Waals surface area contributed by atoms with E-state index in [0.29, 0.717) is 13.1 Å². The van der Waals surface area contributed by atoms with E-state index < -0.39 is 71.7 Å². The maximum Gasteiger partial charge on any atom is 0.393 e. The molecular formula is C34H41F6N5O3. The average Bonchev–Trinajstić information content (AvgIpc) is 3.03. The van der Waals surface area contributed by atoms with Crippen LogP contribution in [0.15, 0.2) is 24.3 Å². The van der Waals surface area contributed by atoms with Gasteiger partial charge in [-0.3, -0.25) is 19.3 Å². The van der Waals surface area contributed by atoms with Crippen LogP contribution in [0.5, 0.6) is 0 Å². The Morgan fingerprint density at radius 1 is 0.938 bits per heavy atom. The van der Waals surface area contributed by atoms with Crippen LogP contribution >= 0.6 is 0 Å². The second kappa shape index (κ2) is 14.0. The number of benzene rings is 2. The number of likely N-dealkylation sites (N-methyl/N-ethyl adjacent to an activating group) is 1. The van der Waals surface area contributed by atoms with Gasteiger partial charge in [-0.2, -0.15) is 13.2 Å². The lowest BCUT2D eigenvalue weighted by molar-refractivity contribution is -0.197. The first-order chi connectivity index (χ1) is 22.6. The van der Waals surface area contributed by atoms with Crippen LogP contribution in [-0.2, 0) is 9.59 Å². The molecule has 3 fully saturated rings. The van der Waals surface area contributed by atoms with Crippen molar-refractivity contribution in [1.82, 2.24) is 15.1 Å². The Hall–Kier alpha value is -3.81. The number of amides is 3. The fraction of sp³-hybridized carbons (Fsp3) is 0.559. The summed E-state index contributed by atoms with van der Waals surface area (Å²) in [6.07, 6.45) is -1.49. The van der Waals surface area contributed by atoms with Crippen LogP contribution in [0, 0.1) is 29.3 Å². The maximum absolute atomic E-state index is 15.9. The van der Waals surface area contributed by atoms with Crippen molar-refractivity contribution in [3.8, 4) is 11.1 Å². The lowest BCUT2D eigenvalue weighted by atomic mass is 9.84. The molecule has 4 atom stereocenters. The molecule has 3 aliphatic rings. The fourth-order valence-corrected chi connectivity index (χ4v) is 7.12. The highest BCUT2D eigenvalue weighted by atomic mass is 19.4. The van der Waals surface area contributed by atoms with Crippen LogP contribution < -0.4 is 15.5 Å². The second-order valence-corrected chi connectivity index (χ2v) is 13.4. The quantitative estimate of drug-likeness (QED) is 0.368. The molecule has 8 nitrogen and oxygen atoms in total. The number of nitrogens with one attached hydrogen (secondary N) is 2. The van der Waals surface area contributed by atoms with Gasteiger partial charge in [-0.15, -0.1) is 0 Å². The number of anilines is 2. The lowest BCUT2D eigenvalue weighted by Gasteiger charge is -2.44.